The van der Waals surface area contributed by atoms with Crippen molar-refractivity contribution in [3.8, 4) is 5.75 Å². The van der Waals surface area contributed by atoms with E-state index in [1.54, 1.807) is 13.4 Å². The van der Waals surface area contributed by atoms with Gasteiger partial charge < -0.3 is 19.8 Å². The van der Waals surface area contributed by atoms with E-state index in [0.717, 1.165) is 48.3 Å². The smallest absolute Gasteiger partial charge is 0.224 e. The summed E-state index contributed by atoms with van der Waals surface area (Å²) >= 11 is 0. The highest BCUT2D eigenvalue weighted by Gasteiger charge is 2.14. The van der Waals surface area contributed by atoms with Gasteiger partial charge in [0.05, 0.1) is 19.8 Å². The molecule has 2 aromatic rings. The summed E-state index contributed by atoms with van der Waals surface area (Å²) in [4.78, 5) is 12.1. The minimum atomic E-state index is 0. The van der Waals surface area contributed by atoms with E-state index in [0.29, 0.717) is 12.3 Å². The number of hydrogen-bond donors (Lipinski definition) is 2. The lowest BCUT2D eigenvalue weighted by Gasteiger charge is -2.22. The van der Waals surface area contributed by atoms with Crippen LogP contribution in [0.15, 0.2) is 28.9 Å². The van der Waals surface area contributed by atoms with E-state index in [1.807, 2.05) is 18.2 Å². The molecular formula is C18H25ClN2O3. The molecule has 0 radical (unpaired) electrons. The summed E-state index contributed by atoms with van der Waals surface area (Å²) in [5.74, 6) is 1.49. The van der Waals surface area contributed by atoms with E-state index in [-0.39, 0.29) is 18.3 Å². The number of carbonyl (C=O) groups is 1. The van der Waals surface area contributed by atoms with E-state index < -0.39 is 0 Å². The van der Waals surface area contributed by atoms with Crippen LogP contribution in [0.5, 0.6) is 5.75 Å². The average Bonchev–Trinajstić information content (AvgIpc) is 2.98. The Balaban J connectivity index is 0.00000208. The lowest BCUT2D eigenvalue weighted by Crippen LogP contribution is -2.33. The zero-order valence-corrected chi connectivity index (χ0v) is 14.8. The van der Waals surface area contributed by atoms with Crippen LogP contribution in [-0.4, -0.2) is 32.7 Å². The lowest BCUT2D eigenvalue weighted by atomic mass is 9.96. The number of amides is 1. The van der Waals surface area contributed by atoms with Gasteiger partial charge in [-0.1, -0.05) is 0 Å². The fraction of sp³-hybridized carbons (Fsp3) is 0.500. The SMILES string of the molecule is COc1ccc2c(CC(=O)NCCC3CCCNC3)coc2c1.Cl. The first-order valence-electron chi connectivity index (χ1n) is 8.28. The number of piperidine rings is 1. The van der Waals surface area contributed by atoms with Crippen molar-refractivity contribution in [2.24, 2.45) is 5.92 Å². The molecule has 1 amide bonds. The Morgan fingerprint density at radius 3 is 3.08 bits per heavy atom. The van der Waals surface area contributed by atoms with Crippen LogP contribution in [0.25, 0.3) is 11.0 Å². The van der Waals surface area contributed by atoms with Crippen molar-refractivity contribution in [3.05, 3.63) is 30.0 Å². The number of furan rings is 1. The molecule has 1 atom stereocenters. The van der Waals surface area contributed by atoms with Crippen LogP contribution < -0.4 is 15.4 Å². The number of rotatable bonds is 6. The van der Waals surface area contributed by atoms with Crippen molar-refractivity contribution < 1.29 is 13.9 Å². The molecule has 1 fully saturated rings. The lowest BCUT2D eigenvalue weighted by molar-refractivity contribution is -0.120. The molecule has 0 saturated carbocycles. The van der Waals surface area contributed by atoms with Gasteiger partial charge in [0.1, 0.15) is 11.3 Å². The minimum Gasteiger partial charge on any atom is -0.497 e. The van der Waals surface area contributed by atoms with E-state index in [1.165, 1.54) is 12.8 Å². The van der Waals surface area contributed by atoms with Gasteiger partial charge in [0.25, 0.3) is 0 Å². The summed E-state index contributed by atoms with van der Waals surface area (Å²) in [5.41, 5.74) is 1.67. The monoisotopic (exact) mass is 352 g/mol. The molecule has 1 saturated heterocycles. The van der Waals surface area contributed by atoms with Crippen LogP contribution >= 0.6 is 12.4 Å². The molecular weight excluding hydrogens is 328 g/mol. The van der Waals surface area contributed by atoms with E-state index in [2.05, 4.69) is 10.6 Å². The first-order chi connectivity index (χ1) is 11.3. The third-order valence-electron chi connectivity index (χ3n) is 4.49. The van der Waals surface area contributed by atoms with E-state index in [9.17, 15) is 4.79 Å². The van der Waals surface area contributed by atoms with Crippen LogP contribution in [0, 0.1) is 5.92 Å². The third-order valence-corrected chi connectivity index (χ3v) is 4.49. The number of nitrogens with one attached hydrogen (secondary N) is 2. The Morgan fingerprint density at radius 2 is 2.33 bits per heavy atom. The van der Waals surface area contributed by atoms with Crippen molar-refractivity contribution in [3.63, 3.8) is 0 Å². The molecule has 0 aliphatic carbocycles. The number of carbonyl (C=O) groups excluding carboxylic acids is 1. The zero-order valence-electron chi connectivity index (χ0n) is 14.0. The van der Waals surface area contributed by atoms with Crippen molar-refractivity contribution >= 4 is 29.3 Å². The number of hydrogen-bond acceptors (Lipinski definition) is 4. The van der Waals surface area contributed by atoms with E-state index in [4.69, 9.17) is 9.15 Å². The molecule has 1 unspecified atom stereocenters. The largest absolute Gasteiger partial charge is 0.497 e. The summed E-state index contributed by atoms with van der Waals surface area (Å²) in [6, 6.07) is 5.66. The first kappa shape index (κ1) is 18.6. The second-order valence-electron chi connectivity index (χ2n) is 6.15. The molecule has 1 aliphatic rings. The second-order valence-corrected chi connectivity index (χ2v) is 6.15. The van der Waals surface area contributed by atoms with Gasteiger partial charge in [-0.15, -0.1) is 12.4 Å². The number of benzene rings is 1. The predicted molar refractivity (Wildman–Crippen MR) is 96.9 cm³/mol. The maximum atomic E-state index is 12.1. The number of fused-ring (bicyclic) bond motifs is 1. The highest BCUT2D eigenvalue weighted by atomic mass is 35.5. The second kappa shape index (κ2) is 8.94. The summed E-state index contributed by atoms with van der Waals surface area (Å²) in [6.45, 7) is 2.94. The quantitative estimate of drug-likeness (QED) is 0.839. The number of methoxy groups -OCH3 is 1. The number of halogens is 1. The topological polar surface area (TPSA) is 63.5 Å². The molecule has 1 aromatic carbocycles. The molecule has 0 spiro atoms. The molecule has 24 heavy (non-hydrogen) atoms. The molecule has 5 nitrogen and oxygen atoms in total. The van der Waals surface area contributed by atoms with Gasteiger partial charge in [-0.2, -0.15) is 0 Å². The molecule has 3 rings (SSSR count). The van der Waals surface area contributed by atoms with E-state index >= 15 is 0 Å². The summed E-state index contributed by atoms with van der Waals surface area (Å²) < 4.78 is 10.7. The van der Waals surface area contributed by atoms with Crippen molar-refractivity contribution in [2.45, 2.75) is 25.7 Å². The first-order valence-corrected chi connectivity index (χ1v) is 8.28. The summed E-state index contributed by atoms with van der Waals surface area (Å²) in [5, 5.41) is 7.40. The number of ether oxygens (including phenoxy) is 1. The minimum absolute atomic E-state index is 0. The van der Waals surface area contributed by atoms with Crippen molar-refractivity contribution in [1.82, 2.24) is 10.6 Å². The van der Waals surface area contributed by atoms with Crippen LogP contribution in [0.1, 0.15) is 24.8 Å². The molecule has 2 heterocycles. The maximum Gasteiger partial charge on any atom is 0.224 e. The maximum absolute atomic E-state index is 12.1. The molecule has 1 aliphatic heterocycles. The summed E-state index contributed by atoms with van der Waals surface area (Å²) in [7, 11) is 1.63. The normalized spacial score (nSPS) is 17.3. The zero-order chi connectivity index (χ0) is 16.1. The van der Waals surface area contributed by atoms with Gasteiger partial charge in [0.15, 0.2) is 0 Å². The van der Waals surface area contributed by atoms with Gasteiger partial charge >= 0.3 is 0 Å². The Kier molecular flexibility index (Phi) is 6.94. The molecule has 6 heteroatoms. The Labute approximate surface area is 148 Å². The van der Waals surface area contributed by atoms with Crippen LogP contribution in [0.4, 0.5) is 0 Å². The standard InChI is InChI=1S/C18H24N2O3.ClH/c1-22-15-4-5-16-14(12-23-17(16)10-15)9-18(21)20-8-6-13-3-2-7-19-11-13;/h4-5,10,12-13,19H,2-3,6-9,11H2,1H3,(H,20,21);1H. The van der Waals surface area contributed by atoms with Gasteiger partial charge in [-0.05, 0) is 50.4 Å². The van der Waals surface area contributed by atoms with Gasteiger partial charge in [-0.3, -0.25) is 4.79 Å². The average molecular weight is 353 g/mol. The van der Waals surface area contributed by atoms with Crippen molar-refractivity contribution in [2.75, 3.05) is 26.7 Å². The molecule has 1 aromatic heterocycles. The van der Waals surface area contributed by atoms with Crippen molar-refractivity contribution in [1.29, 1.82) is 0 Å². The third kappa shape index (κ3) is 4.65. The highest BCUT2D eigenvalue weighted by molar-refractivity contribution is 5.88. The Bertz CT molecular complexity index is 665. The summed E-state index contributed by atoms with van der Waals surface area (Å²) in [6.07, 6.45) is 5.55. The highest BCUT2D eigenvalue weighted by Crippen LogP contribution is 2.25. The van der Waals surface area contributed by atoms with Gasteiger partial charge in [0, 0.05) is 23.6 Å². The fourth-order valence-electron chi connectivity index (χ4n) is 3.15. The fourth-order valence-corrected chi connectivity index (χ4v) is 3.15. The van der Waals surface area contributed by atoms with Crippen LogP contribution in [0.2, 0.25) is 0 Å². The Morgan fingerprint density at radius 1 is 1.46 bits per heavy atom. The molecule has 132 valence electrons. The Hall–Kier alpha value is -1.72. The molecule has 0 bridgehead atoms. The van der Waals surface area contributed by atoms with Crippen LogP contribution in [-0.2, 0) is 11.2 Å². The predicted octanol–water partition coefficient (Wildman–Crippen LogP) is 2.91. The molecule has 2 N–H and O–H groups in total. The van der Waals surface area contributed by atoms with Gasteiger partial charge in [-0.25, -0.2) is 0 Å². The van der Waals surface area contributed by atoms with Gasteiger partial charge in [0.2, 0.25) is 5.91 Å². The van der Waals surface area contributed by atoms with Crippen LogP contribution in [0.3, 0.4) is 0 Å².